The lowest BCUT2D eigenvalue weighted by Gasteiger charge is -2.34. The molecule has 0 unspecified atom stereocenters. The number of hydrogen-bond donors (Lipinski definition) is 2. The van der Waals surface area contributed by atoms with Crippen LogP contribution < -0.4 is 11.1 Å². The van der Waals surface area contributed by atoms with E-state index >= 15 is 0 Å². The number of carbonyl (C=O) groups is 1. The Morgan fingerprint density at radius 2 is 2.00 bits per heavy atom. The van der Waals surface area contributed by atoms with Gasteiger partial charge in [0.15, 0.2) is 0 Å². The van der Waals surface area contributed by atoms with Crippen LogP contribution in [0, 0.1) is 0 Å². The van der Waals surface area contributed by atoms with E-state index in [1.54, 1.807) is 0 Å². The predicted octanol–water partition coefficient (Wildman–Crippen LogP) is 1.71. The standard InChI is InChI=1S/C14H29N3O2/c1-11(17-9-6-12(15)7-10-17)5-8-16-13(18)19-14(2,3)4/h11-12H,5-10,15H2,1-4H3,(H,16,18)/t11-/m1/s1. The van der Waals surface area contributed by atoms with Crippen LogP contribution in [0.15, 0.2) is 0 Å². The molecule has 1 aliphatic heterocycles. The summed E-state index contributed by atoms with van der Waals surface area (Å²) in [4.78, 5) is 13.9. The third kappa shape index (κ3) is 6.78. The van der Waals surface area contributed by atoms with Crippen molar-refractivity contribution in [3.63, 3.8) is 0 Å². The van der Waals surface area contributed by atoms with Crippen molar-refractivity contribution < 1.29 is 9.53 Å². The van der Waals surface area contributed by atoms with E-state index in [4.69, 9.17) is 10.5 Å². The Bertz CT molecular complexity index is 281. The average Bonchev–Trinajstić information content (AvgIpc) is 2.27. The van der Waals surface area contributed by atoms with Gasteiger partial charge in [-0.25, -0.2) is 4.79 Å². The molecular formula is C14H29N3O2. The second-order valence-corrected chi connectivity index (χ2v) is 6.44. The average molecular weight is 271 g/mol. The number of amides is 1. The van der Waals surface area contributed by atoms with Crippen LogP contribution in [0.4, 0.5) is 4.79 Å². The maximum atomic E-state index is 11.5. The molecule has 1 saturated heterocycles. The number of ether oxygens (including phenoxy) is 1. The number of nitrogens with zero attached hydrogens (tertiary/aromatic N) is 1. The van der Waals surface area contributed by atoms with Gasteiger partial charge in [-0.1, -0.05) is 0 Å². The fourth-order valence-corrected chi connectivity index (χ4v) is 2.24. The zero-order valence-corrected chi connectivity index (χ0v) is 12.7. The van der Waals surface area contributed by atoms with E-state index in [2.05, 4.69) is 17.1 Å². The van der Waals surface area contributed by atoms with Gasteiger partial charge in [-0.3, -0.25) is 0 Å². The molecule has 0 bridgehead atoms. The van der Waals surface area contributed by atoms with E-state index < -0.39 is 5.60 Å². The van der Waals surface area contributed by atoms with Gasteiger partial charge in [0.1, 0.15) is 5.60 Å². The van der Waals surface area contributed by atoms with Gasteiger partial charge in [0.05, 0.1) is 0 Å². The second-order valence-electron chi connectivity index (χ2n) is 6.44. The molecule has 5 nitrogen and oxygen atoms in total. The summed E-state index contributed by atoms with van der Waals surface area (Å²) >= 11 is 0. The molecule has 0 radical (unpaired) electrons. The maximum absolute atomic E-state index is 11.5. The van der Waals surface area contributed by atoms with Gasteiger partial charge in [0.2, 0.25) is 0 Å². The van der Waals surface area contributed by atoms with Crippen molar-refractivity contribution in [3.05, 3.63) is 0 Å². The van der Waals surface area contributed by atoms with Gasteiger partial charge in [0, 0.05) is 18.6 Å². The molecule has 1 rings (SSSR count). The van der Waals surface area contributed by atoms with Gasteiger partial charge in [0.25, 0.3) is 0 Å². The molecule has 5 heteroatoms. The van der Waals surface area contributed by atoms with Crippen LogP contribution in [-0.2, 0) is 4.74 Å². The summed E-state index contributed by atoms with van der Waals surface area (Å²) < 4.78 is 5.20. The number of piperidine rings is 1. The molecule has 1 amide bonds. The minimum atomic E-state index is -0.432. The minimum absolute atomic E-state index is 0.333. The molecule has 0 spiro atoms. The summed E-state index contributed by atoms with van der Waals surface area (Å²) in [7, 11) is 0. The normalized spacial score (nSPS) is 20.1. The molecule has 112 valence electrons. The zero-order valence-electron chi connectivity index (χ0n) is 12.7. The fourth-order valence-electron chi connectivity index (χ4n) is 2.24. The molecular weight excluding hydrogens is 242 g/mol. The molecule has 0 saturated carbocycles. The number of nitrogens with two attached hydrogens (primary N) is 1. The van der Waals surface area contributed by atoms with E-state index in [1.807, 2.05) is 20.8 Å². The number of likely N-dealkylation sites (tertiary alicyclic amines) is 1. The molecule has 0 aromatic heterocycles. The Kier molecular flexibility index (Phi) is 6.07. The van der Waals surface area contributed by atoms with Gasteiger partial charge in [-0.15, -0.1) is 0 Å². The first-order chi connectivity index (χ1) is 8.78. The minimum Gasteiger partial charge on any atom is -0.444 e. The first kappa shape index (κ1) is 16.2. The lowest BCUT2D eigenvalue weighted by Crippen LogP contribution is -2.45. The monoisotopic (exact) mass is 271 g/mol. The molecule has 0 aromatic carbocycles. The van der Waals surface area contributed by atoms with Gasteiger partial charge >= 0.3 is 6.09 Å². The van der Waals surface area contributed by atoms with Crippen molar-refractivity contribution in [2.24, 2.45) is 5.73 Å². The van der Waals surface area contributed by atoms with E-state index in [1.165, 1.54) is 0 Å². The highest BCUT2D eigenvalue weighted by Crippen LogP contribution is 2.13. The highest BCUT2D eigenvalue weighted by atomic mass is 16.6. The second kappa shape index (κ2) is 7.10. The number of carbonyl (C=O) groups excluding carboxylic acids is 1. The van der Waals surface area contributed by atoms with Crippen molar-refractivity contribution in [2.75, 3.05) is 19.6 Å². The molecule has 1 fully saturated rings. The molecule has 1 atom stereocenters. The lowest BCUT2D eigenvalue weighted by atomic mass is 10.0. The van der Waals surface area contributed by atoms with Crippen molar-refractivity contribution in [1.82, 2.24) is 10.2 Å². The van der Waals surface area contributed by atoms with Crippen LogP contribution in [0.2, 0.25) is 0 Å². The number of nitrogens with one attached hydrogen (secondary N) is 1. The Morgan fingerprint density at radius 3 is 2.53 bits per heavy atom. The Labute approximate surface area is 116 Å². The van der Waals surface area contributed by atoms with Gasteiger partial charge < -0.3 is 20.7 Å². The van der Waals surface area contributed by atoms with Crippen LogP contribution in [0.5, 0.6) is 0 Å². The van der Waals surface area contributed by atoms with E-state index in [-0.39, 0.29) is 6.09 Å². The Hall–Kier alpha value is -0.810. The summed E-state index contributed by atoms with van der Waals surface area (Å²) in [6.45, 7) is 10.6. The highest BCUT2D eigenvalue weighted by Gasteiger charge is 2.21. The predicted molar refractivity (Wildman–Crippen MR) is 77.1 cm³/mol. The molecule has 0 aliphatic carbocycles. The quantitative estimate of drug-likeness (QED) is 0.817. The van der Waals surface area contributed by atoms with Crippen LogP contribution in [0.3, 0.4) is 0 Å². The highest BCUT2D eigenvalue weighted by molar-refractivity contribution is 5.67. The molecule has 0 aromatic rings. The fraction of sp³-hybridized carbons (Fsp3) is 0.929. The van der Waals surface area contributed by atoms with Crippen LogP contribution in [0.1, 0.15) is 47.0 Å². The third-order valence-corrected chi connectivity index (χ3v) is 3.43. The number of rotatable bonds is 4. The van der Waals surface area contributed by atoms with E-state index in [0.29, 0.717) is 18.6 Å². The summed E-state index contributed by atoms with van der Waals surface area (Å²) in [5.74, 6) is 0. The smallest absolute Gasteiger partial charge is 0.407 e. The molecule has 1 heterocycles. The first-order valence-electron chi connectivity index (χ1n) is 7.24. The summed E-state index contributed by atoms with van der Waals surface area (Å²) in [6.07, 6.45) is 2.75. The van der Waals surface area contributed by atoms with E-state index in [9.17, 15) is 4.79 Å². The molecule has 3 N–H and O–H groups in total. The van der Waals surface area contributed by atoms with Crippen molar-refractivity contribution in [2.45, 2.75) is 64.6 Å². The lowest BCUT2D eigenvalue weighted by molar-refractivity contribution is 0.0521. The van der Waals surface area contributed by atoms with Crippen LogP contribution in [-0.4, -0.2) is 48.3 Å². The number of hydrogen-bond acceptors (Lipinski definition) is 4. The van der Waals surface area contributed by atoms with Crippen LogP contribution >= 0.6 is 0 Å². The SMILES string of the molecule is C[C@H](CCNC(=O)OC(C)(C)C)N1CCC(N)CC1. The van der Waals surface area contributed by atoms with Crippen molar-refractivity contribution >= 4 is 6.09 Å². The largest absolute Gasteiger partial charge is 0.444 e. The summed E-state index contributed by atoms with van der Waals surface area (Å²) in [5.41, 5.74) is 5.46. The summed E-state index contributed by atoms with van der Waals surface area (Å²) in [6, 6.07) is 0.839. The van der Waals surface area contributed by atoms with E-state index in [0.717, 1.165) is 32.4 Å². The maximum Gasteiger partial charge on any atom is 0.407 e. The van der Waals surface area contributed by atoms with Crippen molar-refractivity contribution in [3.8, 4) is 0 Å². The first-order valence-corrected chi connectivity index (χ1v) is 7.24. The van der Waals surface area contributed by atoms with Gasteiger partial charge in [-0.2, -0.15) is 0 Å². The third-order valence-electron chi connectivity index (χ3n) is 3.43. The Morgan fingerprint density at radius 1 is 1.42 bits per heavy atom. The van der Waals surface area contributed by atoms with Crippen LogP contribution in [0.25, 0.3) is 0 Å². The Balaban J connectivity index is 2.16. The molecule has 19 heavy (non-hydrogen) atoms. The van der Waals surface area contributed by atoms with Crippen molar-refractivity contribution in [1.29, 1.82) is 0 Å². The van der Waals surface area contributed by atoms with Gasteiger partial charge in [-0.05, 0) is 60.0 Å². The zero-order chi connectivity index (χ0) is 14.5. The number of alkyl carbamates (subject to hydrolysis) is 1. The summed E-state index contributed by atoms with van der Waals surface area (Å²) in [5, 5.41) is 2.81. The topological polar surface area (TPSA) is 67.6 Å². The molecule has 1 aliphatic rings.